The summed E-state index contributed by atoms with van der Waals surface area (Å²) in [6, 6.07) is 0. The van der Waals surface area contributed by atoms with Crippen LogP contribution >= 0.6 is 7.82 Å². The van der Waals surface area contributed by atoms with Crippen LogP contribution in [0.25, 0.3) is 0 Å². The van der Waals surface area contributed by atoms with Crippen molar-refractivity contribution in [3.05, 3.63) is 122 Å². The highest BCUT2D eigenvalue weighted by Gasteiger charge is 2.27. The Hall–Kier alpha value is -3.59. The molecule has 0 amide bonds. The molecule has 0 fully saturated rings. The summed E-state index contributed by atoms with van der Waals surface area (Å²) in [5.74, 6) is -0.795. The second-order valence-electron chi connectivity index (χ2n) is 25.2. The monoisotopic (exact) mass is 1250 g/mol. The van der Waals surface area contributed by atoms with Gasteiger partial charge in [0.2, 0.25) is 0 Å². The Morgan fingerprint density at radius 1 is 0.364 bits per heavy atom. The lowest BCUT2D eigenvalue weighted by atomic mass is 10.0. The van der Waals surface area contributed by atoms with Crippen LogP contribution in [0.4, 0.5) is 0 Å². The Labute approximate surface area is 543 Å². The highest BCUT2D eigenvalue weighted by atomic mass is 31.2. The molecule has 0 saturated carbocycles. The van der Waals surface area contributed by atoms with E-state index in [0.29, 0.717) is 17.4 Å². The van der Waals surface area contributed by atoms with Gasteiger partial charge in [0, 0.05) is 12.8 Å². The number of quaternary nitrogens is 1. The molecule has 10 heteroatoms. The lowest BCUT2D eigenvalue weighted by Crippen LogP contribution is -2.37. The number of rotatable bonds is 66. The summed E-state index contributed by atoms with van der Waals surface area (Å²) in [6.07, 6.45) is 97.3. The number of allylic oxidation sites excluding steroid dienone is 20. The minimum absolute atomic E-state index is 0.0277. The molecule has 0 aromatic rings. The first-order valence-electron chi connectivity index (χ1n) is 36.3. The van der Waals surface area contributed by atoms with Gasteiger partial charge in [0.05, 0.1) is 27.7 Å². The number of phosphoric acid groups is 1. The molecule has 9 nitrogen and oxygen atoms in total. The van der Waals surface area contributed by atoms with Gasteiger partial charge in [-0.1, -0.05) is 309 Å². The van der Waals surface area contributed by atoms with E-state index < -0.39 is 26.5 Å². The Morgan fingerprint density at radius 2 is 0.648 bits per heavy atom. The predicted octanol–water partition coefficient (Wildman–Crippen LogP) is 23.8. The Bertz CT molecular complexity index is 1900. The number of esters is 2. The van der Waals surface area contributed by atoms with Crippen molar-refractivity contribution in [3.8, 4) is 0 Å². The van der Waals surface area contributed by atoms with Gasteiger partial charge in [0.15, 0.2) is 6.10 Å². The van der Waals surface area contributed by atoms with Gasteiger partial charge in [0.25, 0.3) is 0 Å². The van der Waals surface area contributed by atoms with Gasteiger partial charge in [-0.25, -0.2) is 4.57 Å². The van der Waals surface area contributed by atoms with Gasteiger partial charge >= 0.3 is 19.8 Å². The van der Waals surface area contributed by atoms with Gasteiger partial charge in [0.1, 0.15) is 19.8 Å². The van der Waals surface area contributed by atoms with E-state index in [-0.39, 0.29) is 32.0 Å². The van der Waals surface area contributed by atoms with Crippen LogP contribution < -0.4 is 0 Å². The number of nitrogens with zero attached hydrogens (tertiary/aromatic N) is 1. The molecule has 1 N–H and O–H groups in total. The summed E-state index contributed by atoms with van der Waals surface area (Å²) < 4.78 is 34.8. The zero-order valence-electron chi connectivity index (χ0n) is 57.7. The molecule has 2 atom stereocenters. The lowest BCUT2D eigenvalue weighted by molar-refractivity contribution is -0.870. The summed E-state index contributed by atoms with van der Waals surface area (Å²) in [6.45, 7) is 4.33. The fourth-order valence-corrected chi connectivity index (χ4v) is 10.7. The van der Waals surface area contributed by atoms with Gasteiger partial charge in [-0.15, -0.1) is 0 Å². The second kappa shape index (κ2) is 67.8. The number of carbonyl (C=O) groups is 2. The van der Waals surface area contributed by atoms with E-state index in [4.69, 9.17) is 18.5 Å². The van der Waals surface area contributed by atoms with Crippen molar-refractivity contribution in [3.63, 3.8) is 0 Å². The molecule has 0 aliphatic heterocycles. The maximum Gasteiger partial charge on any atom is 0.472 e. The van der Waals surface area contributed by atoms with Gasteiger partial charge in [-0.3, -0.25) is 18.6 Å². The maximum absolute atomic E-state index is 12.9. The Morgan fingerprint density at radius 3 is 0.966 bits per heavy atom. The molecule has 0 saturated heterocycles. The standard InChI is InChI=1S/C78H136NO8P/c1-6-8-10-12-14-16-18-20-22-24-26-28-30-32-34-35-36-37-38-39-40-41-42-43-45-47-49-51-53-55-57-59-61-63-65-67-69-71-78(81)87-76(75-86-88(82,83)85-73-72-79(3,4)5)74-84-77(80)70-68-66-64-62-60-58-56-54-52-50-48-46-44-33-31-29-27-25-23-21-19-17-15-13-11-9-7-2/h8,10,14,16,19-22,25-28,31-34,36-37,39-40,76H,6-7,9,11-13,15,17-18,23-24,29-30,35,38,41-75H2,1-5H3/p+1/b10-8-,16-14-,21-19-,22-20-,27-25-,28-26-,33-31-,34-32-,37-36-,40-39-. The molecular formula is C78H137NO8P+. The number of unbranched alkanes of at least 4 members (excludes halogenated alkanes) is 32. The molecule has 0 aromatic carbocycles. The van der Waals surface area contributed by atoms with Crippen molar-refractivity contribution in [1.29, 1.82) is 0 Å². The number of hydrogen-bond donors (Lipinski definition) is 1. The van der Waals surface area contributed by atoms with Gasteiger partial charge in [-0.2, -0.15) is 0 Å². The van der Waals surface area contributed by atoms with E-state index >= 15 is 0 Å². The highest BCUT2D eigenvalue weighted by Crippen LogP contribution is 2.43. The van der Waals surface area contributed by atoms with E-state index in [1.54, 1.807) is 0 Å². The van der Waals surface area contributed by atoms with E-state index in [0.717, 1.165) is 96.3 Å². The van der Waals surface area contributed by atoms with Crippen molar-refractivity contribution in [2.75, 3.05) is 47.5 Å². The molecule has 0 heterocycles. The summed E-state index contributed by atoms with van der Waals surface area (Å²) in [4.78, 5) is 35.9. The van der Waals surface area contributed by atoms with Crippen LogP contribution in [0.15, 0.2) is 122 Å². The first kappa shape index (κ1) is 84.4. The van der Waals surface area contributed by atoms with Crippen LogP contribution in [-0.4, -0.2) is 74.9 Å². The number of phosphoric ester groups is 1. The van der Waals surface area contributed by atoms with E-state index in [2.05, 4.69) is 135 Å². The predicted molar refractivity (Wildman–Crippen MR) is 381 cm³/mol. The minimum Gasteiger partial charge on any atom is -0.462 e. The fraction of sp³-hybridized carbons (Fsp3) is 0.718. The van der Waals surface area contributed by atoms with Crippen molar-refractivity contribution >= 4 is 19.8 Å². The van der Waals surface area contributed by atoms with Gasteiger partial charge < -0.3 is 18.9 Å². The third kappa shape index (κ3) is 71.5. The molecule has 0 bridgehead atoms. The SMILES string of the molecule is CC/C=C\C/C=C\C/C=C\C/C=C\C/C=C\C/C=C\C/C=C\CCCCCCCCCCCCCCCCCC(=O)OC(COC(=O)CCCCCCCCCCCCCC/C=C\C/C=C\C/C=C\CCCCCCC)COP(=O)(O)OCC[N+](C)(C)C. The topological polar surface area (TPSA) is 108 Å². The van der Waals surface area contributed by atoms with Gasteiger partial charge in [-0.05, 0) is 109 Å². The summed E-state index contributed by atoms with van der Waals surface area (Å²) >= 11 is 0. The average molecular weight is 1250 g/mol. The summed E-state index contributed by atoms with van der Waals surface area (Å²) in [5.41, 5.74) is 0. The first-order valence-corrected chi connectivity index (χ1v) is 37.8. The largest absolute Gasteiger partial charge is 0.472 e. The average Bonchev–Trinajstić information content (AvgIpc) is 3.68. The fourth-order valence-electron chi connectivity index (χ4n) is 9.95. The molecular weight excluding hydrogens is 1110 g/mol. The van der Waals surface area contributed by atoms with Crippen LogP contribution in [0.1, 0.15) is 309 Å². The van der Waals surface area contributed by atoms with Crippen LogP contribution in [0, 0.1) is 0 Å². The molecule has 0 aliphatic rings. The maximum atomic E-state index is 12.9. The number of likely N-dealkylation sites (N-methyl/N-ethyl adjacent to an activating group) is 1. The van der Waals surface area contributed by atoms with E-state index in [1.165, 1.54) is 180 Å². The van der Waals surface area contributed by atoms with Crippen molar-refractivity contribution < 1.29 is 42.1 Å². The number of hydrogen-bond acceptors (Lipinski definition) is 7. The number of carbonyl (C=O) groups excluding carboxylic acids is 2. The molecule has 0 aromatic heterocycles. The molecule has 88 heavy (non-hydrogen) atoms. The molecule has 0 spiro atoms. The van der Waals surface area contributed by atoms with Crippen molar-refractivity contribution in [2.45, 2.75) is 315 Å². The molecule has 0 radical (unpaired) electrons. The third-order valence-corrected chi connectivity index (χ3v) is 16.5. The van der Waals surface area contributed by atoms with Crippen LogP contribution in [0.3, 0.4) is 0 Å². The van der Waals surface area contributed by atoms with Crippen molar-refractivity contribution in [1.82, 2.24) is 0 Å². The summed E-state index contributed by atoms with van der Waals surface area (Å²) in [5, 5.41) is 0. The molecule has 506 valence electrons. The van der Waals surface area contributed by atoms with Crippen LogP contribution in [-0.2, 0) is 32.7 Å². The molecule has 2 unspecified atom stereocenters. The van der Waals surface area contributed by atoms with Crippen LogP contribution in [0.2, 0.25) is 0 Å². The first-order chi connectivity index (χ1) is 43.0. The Kier molecular flexibility index (Phi) is 65.0. The van der Waals surface area contributed by atoms with E-state index in [1.807, 2.05) is 21.1 Å². The normalized spacial score (nSPS) is 13.8. The molecule has 0 rings (SSSR count). The molecule has 0 aliphatic carbocycles. The number of ether oxygens (including phenoxy) is 2. The smallest absolute Gasteiger partial charge is 0.462 e. The minimum atomic E-state index is -4.40. The third-order valence-electron chi connectivity index (χ3n) is 15.5. The highest BCUT2D eigenvalue weighted by molar-refractivity contribution is 7.47. The van der Waals surface area contributed by atoms with Crippen LogP contribution in [0.5, 0.6) is 0 Å². The quantitative estimate of drug-likeness (QED) is 0.0211. The Balaban J connectivity index is 4.04. The summed E-state index contributed by atoms with van der Waals surface area (Å²) in [7, 11) is 1.47. The van der Waals surface area contributed by atoms with Crippen molar-refractivity contribution in [2.24, 2.45) is 0 Å². The lowest BCUT2D eigenvalue weighted by Gasteiger charge is -2.24. The zero-order chi connectivity index (χ0) is 64.1. The zero-order valence-corrected chi connectivity index (χ0v) is 58.6. The van der Waals surface area contributed by atoms with E-state index in [9.17, 15) is 19.0 Å². The second-order valence-corrected chi connectivity index (χ2v) is 26.7.